The third-order valence-electron chi connectivity index (χ3n) is 4.61. The van der Waals surface area contributed by atoms with Crippen molar-refractivity contribution in [2.75, 3.05) is 6.54 Å². The van der Waals surface area contributed by atoms with E-state index in [4.69, 9.17) is 0 Å². The van der Waals surface area contributed by atoms with Crippen molar-refractivity contribution in [1.29, 1.82) is 0 Å². The molecule has 0 aromatic rings. The van der Waals surface area contributed by atoms with Crippen LogP contribution in [-0.2, 0) is 9.59 Å². The van der Waals surface area contributed by atoms with Gasteiger partial charge in [0.05, 0.1) is 0 Å². The standard InChI is InChI=1S/C17H30N2O2/c1-6-7-11(2)10-19-14(17(3,4)5)15(20)18-13(16(19)21)12-8-9-12/h11-14H,6-10H2,1-5H3,(H,18,20). The Morgan fingerprint density at radius 1 is 1.29 bits per heavy atom. The fourth-order valence-corrected chi connectivity index (χ4v) is 3.47. The van der Waals surface area contributed by atoms with Crippen LogP contribution in [0.1, 0.15) is 60.3 Å². The maximum absolute atomic E-state index is 12.9. The van der Waals surface area contributed by atoms with Crippen LogP contribution in [0.4, 0.5) is 0 Å². The van der Waals surface area contributed by atoms with E-state index in [1.807, 2.05) is 25.7 Å². The summed E-state index contributed by atoms with van der Waals surface area (Å²) < 4.78 is 0. The van der Waals surface area contributed by atoms with Crippen molar-refractivity contribution in [3.8, 4) is 0 Å². The van der Waals surface area contributed by atoms with Gasteiger partial charge in [-0.25, -0.2) is 0 Å². The second kappa shape index (κ2) is 5.98. The number of nitrogens with zero attached hydrogens (tertiary/aromatic N) is 1. The van der Waals surface area contributed by atoms with E-state index in [2.05, 4.69) is 19.2 Å². The summed E-state index contributed by atoms with van der Waals surface area (Å²) in [4.78, 5) is 27.3. The van der Waals surface area contributed by atoms with Gasteiger partial charge in [0.1, 0.15) is 12.1 Å². The molecule has 4 heteroatoms. The van der Waals surface area contributed by atoms with E-state index >= 15 is 0 Å². The highest BCUT2D eigenvalue weighted by atomic mass is 16.2. The molecule has 2 aliphatic rings. The number of rotatable bonds is 5. The summed E-state index contributed by atoms with van der Waals surface area (Å²) in [6.45, 7) is 11.2. The van der Waals surface area contributed by atoms with Crippen LogP contribution in [0.25, 0.3) is 0 Å². The van der Waals surface area contributed by atoms with E-state index in [1.54, 1.807) is 0 Å². The van der Waals surface area contributed by atoms with Gasteiger partial charge < -0.3 is 10.2 Å². The summed E-state index contributed by atoms with van der Waals surface area (Å²) in [5.41, 5.74) is -0.236. The lowest BCUT2D eigenvalue weighted by Gasteiger charge is -2.45. The molecule has 0 bridgehead atoms. The number of hydrogen-bond donors (Lipinski definition) is 1. The Morgan fingerprint density at radius 2 is 1.90 bits per heavy atom. The number of nitrogens with one attached hydrogen (secondary N) is 1. The molecule has 0 aromatic carbocycles. The topological polar surface area (TPSA) is 49.4 Å². The Hall–Kier alpha value is -1.06. The molecule has 1 saturated heterocycles. The van der Waals surface area contributed by atoms with Crippen molar-refractivity contribution in [1.82, 2.24) is 10.2 Å². The maximum atomic E-state index is 12.9. The second-order valence-electron chi connectivity index (χ2n) is 7.98. The number of carbonyl (C=O) groups is 2. The van der Waals surface area contributed by atoms with Crippen LogP contribution in [0, 0.1) is 17.3 Å². The number of amides is 2. The molecule has 3 unspecified atom stereocenters. The van der Waals surface area contributed by atoms with E-state index in [9.17, 15) is 9.59 Å². The SMILES string of the molecule is CCCC(C)CN1C(=O)C(C2CC2)NC(=O)C1C(C)(C)C. The molecule has 1 aliphatic heterocycles. The molecule has 4 nitrogen and oxygen atoms in total. The first-order valence-corrected chi connectivity index (χ1v) is 8.36. The van der Waals surface area contributed by atoms with E-state index in [0.29, 0.717) is 18.4 Å². The molecule has 0 spiro atoms. The average molecular weight is 294 g/mol. The molecule has 0 radical (unpaired) electrons. The highest BCUT2D eigenvalue weighted by molar-refractivity contribution is 5.97. The van der Waals surface area contributed by atoms with Crippen molar-refractivity contribution in [2.45, 2.75) is 72.4 Å². The zero-order chi connectivity index (χ0) is 15.8. The lowest BCUT2D eigenvalue weighted by Crippen LogP contribution is -2.67. The van der Waals surface area contributed by atoms with Gasteiger partial charge in [-0.3, -0.25) is 9.59 Å². The van der Waals surface area contributed by atoms with Crippen LogP contribution >= 0.6 is 0 Å². The highest BCUT2D eigenvalue weighted by Crippen LogP contribution is 2.37. The quantitative estimate of drug-likeness (QED) is 0.847. The minimum Gasteiger partial charge on any atom is -0.342 e. The third kappa shape index (κ3) is 3.58. The summed E-state index contributed by atoms with van der Waals surface area (Å²) in [6, 6.07) is -0.621. The van der Waals surface area contributed by atoms with Gasteiger partial charge in [0, 0.05) is 6.54 Å². The number of carbonyl (C=O) groups excluding carboxylic acids is 2. The molecule has 2 amide bonds. The zero-order valence-corrected chi connectivity index (χ0v) is 14.1. The van der Waals surface area contributed by atoms with Gasteiger partial charge >= 0.3 is 0 Å². The molecule has 1 heterocycles. The summed E-state index contributed by atoms with van der Waals surface area (Å²) >= 11 is 0. The van der Waals surface area contributed by atoms with Gasteiger partial charge in [0.2, 0.25) is 11.8 Å². The van der Waals surface area contributed by atoms with Gasteiger partial charge in [-0.2, -0.15) is 0 Å². The maximum Gasteiger partial charge on any atom is 0.246 e. The molecule has 3 atom stereocenters. The van der Waals surface area contributed by atoms with Gasteiger partial charge in [-0.1, -0.05) is 41.0 Å². The van der Waals surface area contributed by atoms with Crippen LogP contribution in [0.5, 0.6) is 0 Å². The molecule has 1 saturated carbocycles. The van der Waals surface area contributed by atoms with Crippen LogP contribution < -0.4 is 5.32 Å². The van der Waals surface area contributed by atoms with E-state index in [0.717, 1.165) is 25.7 Å². The van der Waals surface area contributed by atoms with Crippen LogP contribution in [0.3, 0.4) is 0 Å². The average Bonchev–Trinajstić information content (AvgIpc) is 3.16. The molecule has 21 heavy (non-hydrogen) atoms. The van der Waals surface area contributed by atoms with E-state index in [1.165, 1.54) is 0 Å². The van der Waals surface area contributed by atoms with Crippen molar-refractivity contribution < 1.29 is 9.59 Å². The van der Waals surface area contributed by atoms with Crippen molar-refractivity contribution in [3.05, 3.63) is 0 Å². The Bertz CT molecular complexity index is 410. The second-order valence-corrected chi connectivity index (χ2v) is 7.98. The Labute approximate surface area is 128 Å². The summed E-state index contributed by atoms with van der Waals surface area (Å²) in [5.74, 6) is 0.976. The molecular weight excluding hydrogens is 264 g/mol. The predicted octanol–water partition coefficient (Wildman–Crippen LogP) is 2.57. The van der Waals surface area contributed by atoms with Gasteiger partial charge in [0.15, 0.2) is 0 Å². The predicted molar refractivity (Wildman–Crippen MR) is 83.7 cm³/mol. The molecule has 1 aliphatic carbocycles. The van der Waals surface area contributed by atoms with Gasteiger partial charge in [0.25, 0.3) is 0 Å². The zero-order valence-electron chi connectivity index (χ0n) is 14.1. The first kappa shape index (κ1) is 16.3. The Balaban J connectivity index is 2.21. The minimum absolute atomic E-state index is 0.0303. The van der Waals surface area contributed by atoms with Gasteiger partial charge in [-0.15, -0.1) is 0 Å². The first-order valence-electron chi connectivity index (χ1n) is 8.36. The molecule has 2 fully saturated rings. The van der Waals surface area contributed by atoms with E-state index < -0.39 is 0 Å². The molecule has 0 aromatic heterocycles. The fraction of sp³-hybridized carbons (Fsp3) is 0.882. The summed E-state index contributed by atoms with van der Waals surface area (Å²) in [6.07, 6.45) is 4.34. The molecule has 1 N–H and O–H groups in total. The lowest BCUT2D eigenvalue weighted by atomic mass is 9.82. The first-order chi connectivity index (χ1) is 9.75. The molecular formula is C17H30N2O2. The molecule has 2 rings (SSSR count). The summed E-state index contributed by atoms with van der Waals surface area (Å²) in [5, 5.41) is 2.99. The van der Waals surface area contributed by atoms with E-state index in [-0.39, 0.29) is 29.3 Å². The van der Waals surface area contributed by atoms with Crippen molar-refractivity contribution in [3.63, 3.8) is 0 Å². The van der Waals surface area contributed by atoms with Crippen molar-refractivity contribution in [2.24, 2.45) is 17.3 Å². The smallest absolute Gasteiger partial charge is 0.246 e. The Kier molecular flexibility index (Phi) is 4.64. The number of hydrogen-bond acceptors (Lipinski definition) is 2. The van der Waals surface area contributed by atoms with Crippen molar-refractivity contribution >= 4 is 11.8 Å². The lowest BCUT2D eigenvalue weighted by molar-refractivity contribution is -0.155. The van der Waals surface area contributed by atoms with Crippen LogP contribution in [0.2, 0.25) is 0 Å². The number of piperazine rings is 1. The highest BCUT2D eigenvalue weighted by Gasteiger charge is 2.50. The fourth-order valence-electron chi connectivity index (χ4n) is 3.47. The third-order valence-corrected chi connectivity index (χ3v) is 4.61. The molecule has 120 valence electrons. The van der Waals surface area contributed by atoms with Crippen LogP contribution in [0.15, 0.2) is 0 Å². The Morgan fingerprint density at radius 3 is 2.38 bits per heavy atom. The largest absolute Gasteiger partial charge is 0.342 e. The van der Waals surface area contributed by atoms with Crippen LogP contribution in [-0.4, -0.2) is 35.3 Å². The monoisotopic (exact) mass is 294 g/mol. The minimum atomic E-state index is -0.348. The normalized spacial score (nSPS) is 28.5. The van der Waals surface area contributed by atoms with Gasteiger partial charge in [-0.05, 0) is 36.5 Å². The summed E-state index contributed by atoms with van der Waals surface area (Å²) in [7, 11) is 0.